The molecule has 0 aliphatic rings. The van der Waals surface area contributed by atoms with Crippen molar-refractivity contribution in [3.05, 3.63) is 40.5 Å². The molecule has 2 N–H and O–H groups in total. The number of hydrogen-bond donors (Lipinski definition) is 2. The summed E-state index contributed by atoms with van der Waals surface area (Å²) in [6.07, 6.45) is 0. The molecule has 0 heterocycles. The third-order valence-electron chi connectivity index (χ3n) is 2.20. The van der Waals surface area contributed by atoms with Gasteiger partial charge in [-0.3, -0.25) is 50.7 Å². The van der Waals surface area contributed by atoms with E-state index in [1.807, 2.05) is 0 Å². The monoisotopic (exact) mass is 270 g/mol. The Morgan fingerprint density at radius 1 is 0.889 bits per heavy atom. The standard InChI is InChI=1S/C4H6N4O10/c1-2(5(11)12)3(6(13)14,7(15)16)4(9,10)8(17)18/h2,9-10H,1H3. The molecule has 0 fully saturated rings. The third kappa shape index (κ3) is 1.78. The highest BCUT2D eigenvalue weighted by molar-refractivity contribution is 4.82. The van der Waals surface area contributed by atoms with Crippen molar-refractivity contribution in [3.63, 3.8) is 0 Å². The Kier molecular flexibility index (Phi) is 3.81. The second-order valence-corrected chi connectivity index (χ2v) is 3.09. The Labute approximate surface area is 96.0 Å². The molecule has 0 aromatic rings. The van der Waals surface area contributed by atoms with Gasteiger partial charge in [-0.25, -0.2) is 0 Å². The van der Waals surface area contributed by atoms with Crippen molar-refractivity contribution < 1.29 is 29.9 Å². The first-order chi connectivity index (χ1) is 7.93. The SMILES string of the molecule is CC([N+](=O)[O-])C([N+](=O)[O-])([N+](=O)[O-])C(O)(O)[N+](=O)[O-]. The highest BCUT2D eigenvalue weighted by Crippen LogP contribution is 2.30. The second kappa shape index (κ2) is 4.41. The van der Waals surface area contributed by atoms with Crippen LogP contribution in [0.5, 0.6) is 0 Å². The van der Waals surface area contributed by atoms with Crippen molar-refractivity contribution in [3.8, 4) is 0 Å². The van der Waals surface area contributed by atoms with Crippen LogP contribution in [0.3, 0.4) is 0 Å². The molecule has 0 aromatic carbocycles. The smallest absolute Gasteiger partial charge is 0.294 e. The third-order valence-corrected chi connectivity index (χ3v) is 2.20. The van der Waals surface area contributed by atoms with Gasteiger partial charge in [0.2, 0.25) is 0 Å². The van der Waals surface area contributed by atoms with Crippen LogP contribution in [-0.4, -0.2) is 47.5 Å². The topological polar surface area (TPSA) is 213 Å². The number of nitrogens with zero attached hydrogens (tertiary/aromatic N) is 4. The highest BCUT2D eigenvalue weighted by Gasteiger charge is 2.90. The van der Waals surface area contributed by atoms with E-state index in [2.05, 4.69) is 0 Å². The van der Waals surface area contributed by atoms with Crippen molar-refractivity contribution >= 4 is 0 Å². The lowest BCUT2D eigenvalue weighted by atomic mass is 9.99. The molecule has 102 valence electrons. The minimum absolute atomic E-state index is 0.274. The van der Waals surface area contributed by atoms with E-state index < -0.39 is 37.3 Å². The van der Waals surface area contributed by atoms with E-state index in [1.165, 1.54) is 0 Å². The van der Waals surface area contributed by atoms with Crippen molar-refractivity contribution in [2.24, 2.45) is 0 Å². The van der Waals surface area contributed by atoms with Gasteiger partial charge in [0, 0.05) is 11.8 Å². The van der Waals surface area contributed by atoms with E-state index in [4.69, 9.17) is 10.2 Å². The van der Waals surface area contributed by atoms with Gasteiger partial charge in [0.15, 0.2) is 0 Å². The molecule has 18 heavy (non-hydrogen) atoms. The van der Waals surface area contributed by atoms with Crippen LogP contribution < -0.4 is 0 Å². The fourth-order valence-electron chi connectivity index (χ4n) is 1.18. The molecule has 1 unspecified atom stereocenters. The molecule has 0 radical (unpaired) electrons. The van der Waals surface area contributed by atoms with Crippen LogP contribution in [-0.2, 0) is 0 Å². The average Bonchev–Trinajstić information content (AvgIpc) is 2.15. The van der Waals surface area contributed by atoms with Gasteiger partial charge in [-0.15, -0.1) is 0 Å². The van der Waals surface area contributed by atoms with Crippen LogP contribution in [0.1, 0.15) is 6.92 Å². The predicted octanol–water partition coefficient (Wildman–Crippen LogP) is -2.18. The Morgan fingerprint density at radius 3 is 1.39 bits per heavy atom. The van der Waals surface area contributed by atoms with E-state index in [9.17, 15) is 40.5 Å². The molecule has 0 amide bonds. The maximum absolute atomic E-state index is 10.6. The molecule has 0 bridgehead atoms. The molecule has 0 aromatic heterocycles. The van der Waals surface area contributed by atoms with Gasteiger partial charge in [0.1, 0.15) is 14.8 Å². The molecule has 14 heteroatoms. The fraction of sp³-hybridized carbons (Fsp3) is 1.00. The number of aliphatic hydroxyl groups is 2. The highest BCUT2D eigenvalue weighted by atomic mass is 16.8. The van der Waals surface area contributed by atoms with E-state index in [-0.39, 0.29) is 6.92 Å². The maximum Gasteiger partial charge on any atom is 0.646 e. The molecular weight excluding hydrogens is 264 g/mol. The van der Waals surface area contributed by atoms with Gasteiger partial charge in [-0.2, -0.15) is 0 Å². The minimum atomic E-state index is -4.76. The summed E-state index contributed by atoms with van der Waals surface area (Å²) in [5.74, 6) is -4.76. The predicted molar refractivity (Wildman–Crippen MR) is 47.3 cm³/mol. The first-order valence-electron chi connectivity index (χ1n) is 3.95. The van der Waals surface area contributed by atoms with Crippen molar-refractivity contribution in [1.29, 1.82) is 0 Å². The van der Waals surface area contributed by atoms with Crippen LogP contribution >= 0.6 is 0 Å². The lowest BCUT2D eigenvalue weighted by molar-refractivity contribution is -0.917. The summed E-state index contributed by atoms with van der Waals surface area (Å²) in [7, 11) is 0. The van der Waals surface area contributed by atoms with Crippen molar-refractivity contribution in [1.82, 2.24) is 0 Å². The summed E-state index contributed by atoms with van der Waals surface area (Å²) in [5.41, 5.74) is -4.44. The summed E-state index contributed by atoms with van der Waals surface area (Å²) >= 11 is 0. The zero-order valence-electron chi connectivity index (χ0n) is 8.53. The van der Waals surface area contributed by atoms with Crippen LogP contribution in [0.15, 0.2) is 0 Å². The van der Waals surface area contributed by atoms with E-state index >= 15 is 0 Å². The lowest BCUT2D eigenvalue weighted by Crippen LogP contribution is -2.74. The van der Waals surface area contributed by atoms with Gasteiger partial charge in [-0.1, -0.05) is 0 Å². The van der Waals surface area contributed by atoms with Crippen molar-refractivity contribution in [2.45, 2.75) is 24.5 Å². The van der Waals surface area contributed by atoms with E-state index in [0.29, 0.717) is 0 Å². The molecule has 0 saturated carbocycles. The molecule has 1 atom stereocenters. The Morgan fingerprint density at radius 2 is 1.22 bits per heavy atom. The Balaban J connectivity index is 6.32. The van der Waals surface area contributed by atoms with Crippen LogP contribution in [0.25, 0.3) is 0 Å². The average molecular weight is 270 g/mol. The first-order valence-corrected chi connectivity index (χ1v) is 3.95. The fourth-order valence-corrected chi connectivity index (χ4v) is 1.18. The minimum Gasteiger partial charge on any atom is -0.294 e. The lowest BCUT2D eigenvalue weighted by Gasteiger charge is -2.21. The number of rotatable bonds is 6. The molecule has 0 aliphatic heterocycles. The zero-order chi connectivity index (χ0) is 14.9. The first kappa shape index (κ1) is 15.5. The van der Waals surface area contributed by atoms with Gasteiger partial charge in [0.05, 0.1) is 0 Å². The van der Waals surface area contributed by atoms with Gasteiger partial charge in [0.25, 0.3) is 0 Å². The van der Waals surface area contributed by atoms with Crippen LogP contribution in [0.2, 0.25) is 0 Å². The summed E-state index contributed by atoms with van der Waals surface area (Å²) < 4.78 is 0. The molecule has 14 nitrogen and oxygen atoms in total. The summed E-state index contributed by atoms with van der Waals surface area (Å²) in [4.78, 5) is 33.9. The van der Waals surface area contributed by atoms with Gasteiger partial charge < -0.3 is 0 Å². The van der Waals surface area contributed by atoms with Gasteiger partial charge in [-0.05, 0) is 0 Å². The molecular formula is C4H6N4O10. The largest absolute Gasteiger partial charge is 0.646 e. The quantitative estimate of drug-likeness (QED) is 0.302. The van der Waals surface area contributed by atoms with Crippen LogP contribution in [0.4, 0.5) is 0 Å². The van der Waals surface area contributed by atoms with Gasteiger partial charge >= 0.3 is 17.6 Å². The normalized spacial score (nSPS) is 13.7. The Hall–Kier alpha value is -2.48. The van der Waals surface area contributed by atoms with Crippen LogP contribution in [0, 0.1) is 40.5 Å². The van der Waals surface area contributed by atoms with E-state index in [1.54, 1.807) is 0 Å². The molecule has 0 aliphatic carbocycles. The number of nitro groups is 4. The molecule has 0 saturated heterocycles. The Bertz CT molecular complexity index is 402. The molecule has 0 spiro atoms. The summed E-state index contributed by atoms with van der Waals surface area (Å²) in [6.45, 7) is 0.274. The van der Waals surface area contributed by atoms with Crippen molar-refractivity contribution in [2.75, 3.05) is 0 Å². The summed E-state index contributed by atoms with van der Waals surface area (Å²) in [5, 5.41) is 59.7. The summed E-state index contributed by atoms with van der Waals surface area (Å²) in [6, 6.07) is -2.87. The second-order valence-electron chi connectivity index (χ2n) is 3.09. The zero-order valence-corrected chi connectivity index (χ0v) is 8.53. The number of hydrogen-bond acceptors (Lipinski definition) is 10. The maximum atomic E-state index is 10.6. The molecule has 0 rings (SSSR count). The van der Waals surface area contributed by atoms with E-state index in [0.717, 1.165) is 0 Å².